The smallest absolute Gasteiger partial charge is 0.343 e. The number of nitrogens with zero attached hydrogens (tertiary/aromatic N) is 3. The van der Waals surface area contributed by atoms with Gasteiger partial charge in [-0.1, -0.05) is 51.8 Å². The van der Waals surface area contributed by atoms with E-state index in [1.807, 2.05) is 37.3 Å². The summed E-state index contributed by atoms with van der Waals surface area (Å²) in [6.07, 6.45) is 1.46. The molecule has 9 nitrogen and oxygen atoms in total. The molecule has 42 heavy (non-hydrogen) atoms. The van der Waals surface area contributed by atoms with Gasteiger partial charge < -0.3 is 18.9 Å². The highest BCUT2D eigenvalue weighted by molar-refractivity contribution is 9.10. The molecule has 5 aromatic rings. The number of esters is 1. The molecule has 0 radical (unpaired) electrons. The number of para-hydroxylation sites is 1. The molecule has 0 bridgehead atoms. The third kappa shape index (κ3) is 5.75. The average Bonchev–Trinajstić information content (AvgIpc) is 3.00. The van der Waals surface area contributed by atoms with Crippen molar-refractivity contribution in [1.82, 2.24) is 9.66 Å². The first-order valence-electron chi connectivity index (χ1n) is 12.8. The topological polar surface area (TPSA) is 101 Å². The van der Waals surface area contributed by atoms with E-state index >= 15 is 0 Å². The van der Waals surface area contributed by atoms with E-state index in [1.54, 1.807) is 36.4 Å². The van der Waals surface area contributed by atoms with Crippen molar-refractivity contribution >= 4 is 39.0 Å². The molecule has 5 rings (SSSR count). The molecule has 1 aromatic heterocycles. The van der Waals surface area contributed by atoms with Crippen LogP contribution in [-0.2, 0) is 0 Å². The van der Waals surface area contributed by atoms with Gasteiger partial charge in [0.15, 0.2) is 17.3 Å². The Hall–Kier alpha value is -4.96. The zero-order chi connectivity index (χ0) is 29.8. The molecule has 0 aliphatic heterocycles. The summed E-state index contributed by atoms with van der Waals surface area (Å²) < 4.78 is 23.8. The largest absolute Gasteiger partial charge is 0.493 e. The van der Waals surface area contributed by atoms with Gasteiger partial charge in [-0.05, 0) is 55.5 Å². The second-order valence-corrected chi connectivity index (χ2v) is 10.1. The first kappa shape index (κ1) is 28.6. The maximum Gasteiger partial charge on any atom is 0.343 e. The van der Waals surface area contributed by atoms with Crippen molar-refractivity contribution in [3.05, 3.63) is 110 Å². The van der Waals surface area contributed by atoms with Gasteiger partial charge in [0.05, 0.1) is 44.0 Å². The lowest BCUT2D eigenvalue weighted by atomic mass is 10.1. The van der Waals surface area contributed by atoms with Crippen molar-refractivity contribution in [2.24, 2.45) is 5.10 Å². The molecule has 0 amide bonds. The van der Waals surface area contributed by atoms with Crippen LogP contribution in [0.5, 0.6) is 23.0 Å². The van der Waals surface area contributed by atoms with Crippen molar-refractivity contribution in [1.29, 1.82) is 0 Å². The predicted octanol–water partition coefficient (Wildman–Crippen LogP) is 6.26. The second-order valence-electron chi connectivity index (χ2n) is 9.17. The van der Waals surface area contributed by atoms with Gasteiger partial charge in [-0.25, -0.2) is 9.78 Å². The summed E-state index contributed by atoms with van der Waals surface area (Å²) in [6, 6.07) is 22.9. The number of aromatic nitrogens is 2. The van der Waals surface area contributed by atoms with Crippen LogP contribution in [-0.4, -0.2) is 43.2 Å². The van der Waals surface area contributed by atoms with Crippen LogP contribution in [0.1, 0.15) is 21.5 Å². The highest BCUT2D eigenvalue weighted by Gasteiger charge is 2.20. The summed E-state index contributed by atoms with van der Waals surface area (Å²) in [4.78, 5) is 31.6. The van der Waals surface area contributed by atoms with Crippen LogP contribution in [0.3, 0.4) is 0 Å². The van der Waals surface area contributed by atoms with E-state index in [0.29, 0.717) is 39.5 Å². The minimum atomic E-state index is -0.656. The van der Waals surface area contributed by atoms with Crippen LogP contribution >= 0.6 is 15.9 Å². The molecule has 1 heterocycles. The number of carbonyl (C=O) groups excluding carboxylic acids is 1. The Balaban J connectivity index is 1.57. The standard InChI is InChI=1S/C32H26BrN3O6/c1-19-8-7-9-20(14-19)30-35-25-11-6-5-10-24(25)31(37)36(30)34-18-22-15-23(33)12-13-26(22)42-32(38)21-16-27(39-2)29(41-4)28(17-21)40-3/h5-18H,1-4H3. The predicted molar refractivity (Wildman–Crippen MR) is 164 cm³/mol. The number of aryl methyl sites for hydroxylation is 1. The average molecular weight is 628 g/mol. The van der Waals surface area contributed by atoms with E-state index in [4.69, 9.17) is 23.9 Å². The van der Waals surface area contributed by atoms with Gasteiger partial charge in [0.2, 0.25) is 5.75 Å². The minimum Gasteiger partial charge on any atom is -0.493 e. The SMILES string of the molecule is COc1cc(C(=O)Oc2ccc(Br)cc2C=Nn2c(-c3cccc(C)c3)nc3ccccc3c2=O)cc(OC)c1OC. The Bertz CT molecular complexity index is 1880. The monoisotopic (exact) mass is 627 g/mol. The van der Waals surface area contributed by atoms with Gasteiger partial charge in [0.25, 0.3) is 5.56 Å². The lowest BCUT2D eigenvalue weighted by molar-refractivity contribution is 0.0733. The third-order valence-corrected chi connectivity index (χ3v) is 6.91. The first-order chi connectivity index (χ1) is 20.3. The van der Waals surface area contributed by atoms with Crippen molar-refractivity contribution in [2.75, 3.05) is 21.3 Å². The lowest BCUT2D eigenvalue weighted by Crippen LogP contribution is -2.20. The van der Waals surface area contributed by atoms with Gasteiger partial charge in [-0.2, -0.15) is 9.78 Å². The maximum atomic E-state index is 13.6. The van der Waals surface area contributed by atoms with Crippen LogP contribution in [0, 0.1) is 6.92 Å². The summed E-state index contributed by atoms with van der Waals surface area (Å²) >= 11 is 3.46. The lowest BCUT2D eigenvalue weighted by Gasteiger charge is -2.14. The zero-order valence-corrected chi connectivity index (χ0v) is 24.8. The molecule has 0 unspecified atom stereocenters. The number of hydrogen-bond acceptors (Lipinski definition) is 8. The Labute approximate surface area is 250 Å². The molecule has 0 fully saturated rings. The molecule has 10 heteroatoms. The summed E-state index contributed by atoms with van der Waals surface area (Å²) in [5.41, 5.74) is 2.61. The number of ether oxygens (including phenoxy) is 4. The number of halogens is 1. The van der Waals surface area contributed by atoms with Gasteiger partial charge in [0.1, 0.15) is 5.75 Å². The van der Waals surface area contributed by atoms with Gasteiger partial charge in [-0.3, -0.25) is 4.79 Å². The molecule has 0 atom stereocenters. The van der Waals surface area contributed by atoms with E-state index in [2.05, 4.69) is 21.0 Å². The first-order valence-corrected chi connectivity index (χ1v) is 13.6. The molecule has 4 aromatic carbocycles. The molecule has 0 saturated heterocycles. The number of carbonyl (C=O) groups is 1. The molecular weight excluding hydrogens is 602 g/mol. The molecule has 0 spiro atoms. The number of hydrogen-bond donors (Lipinski definition) is 0. The van der Waals surface area contributed by atoms with Gasteiger partial charge in [0, 0.05) is 15.6 Å². The fraction of sp³-hybridized carbons (Fsp3) is 0.125. The zero-order valence-electron chi connectivity index (χ0n) is 23.3. The molecule has 0 aliphatic rings. The highest BCUT2D eigenvalue weighted by Crippen LogP contribution is 2.38. The van der Waals surface area contributed by atoms with Crippen LogP contribution < -0.4 is 24.5 Å². The van der Waals surface area contributed by atoms with Crippen LogP contribution in [0.15, 0.2) is 93.2 Å². The second kappa shape index (κ2) is 12.3. The maximum absolute atomic E-state index is 13.6. The fourth-order valence-corrected chi connectivity index (χ4v) is 4.77. The van der Waals surface area contributed by atoms with Crippen LogP contribution in [0.4, 0.5) is 0 Å². The molecular formula is C32H26BrN3O6. The third-order valence-electron chi connectivity index (χ3n) is 6.42. The normalized spacial score (nSPS) is 11.1. The van der Waals surface area contributed by atoms with Crippen molar-refractivity contribution in [3.8, 4) is 34.4 Å². The fourth-order valence-electron chi connectivity index (χ4n) is 4.39. The van der Waals surface area contributed by atoms with E-state index in [-0.39, 0.29) is 16.9 Å². The van der Waals surface area contributed by atoms with Crippen LogP contribution in [0.2, 0.25) is 0 Å². The minimum absolute atomic E-state index is 0.187. The Morgan fingerprint density at radius 2 is 1.62 bits per heavy atom. The Morgan fingerprint density at radius 1 is 0.881 bits per heavy atom. The van der Waals surface area contributed by atoms with E-state index < -0.39 is 5.97 Å². The van der Waals surface area contributed by atoms with Gasteiger partial charge >= 0.3 is 5.97 Å². The highest BCUT2D eigenvalue weighted by atomic mass is 79.9. The number of benzene rings is 4. The summed E-state index contributed by atoms with van der Waals surface area (Å²) in [5.74, 6) is 0.925. The van der Waals surface area contributed by atoms with Crippen molar-refractivity contribution in [2.45, 2.75) is 6.92 Å². The van der Waals surface area contributed by atoms with E-state index in [1.165, 1.54) is 44.4 Å². The van der Waals surface area contributed by atoms with Crippen molar-refractivity contribution in [3.63, 3.8) is 0 Å². The molecule has 212 valence electrons. The number of rotatable bonds is 8. The molecule has 0 N–H and O–H groups in total. The Morgan fingerprint density at radius 3 is 2.31 bits per heavy atom. The van der Waals surface area contributed by atoms with E-state index in [0.717, 1.165) is 15.6 Å². The van der Waals surface area contributed by atoms with Crippen molar-refractivity contribution < 1.29 is 23.7 Å². The number of methoxy groups -OCH3 is 3. The summed E-state index contributed by atoms with van der Waals surface area (Å²) in [7, 11) is 4.40. The summed E-state index contributed by atoms with van der Waals surface area (Å²) in [6.45, 7) is 1.96. The quantitative estimate of drug-likeness (QED) is 0.114. The van der Waals surface area contributed by atoms with Gasteiger partial charge in [-0.15, -0.1) is 0 Å². The Kier molecular flexibility index (Phi) is 8.35. The molecule has 0 saturated carbocycles. The summed E-state index contributed by atoms with van der Waals surface area (Å²) in [5, 5.41) is 4.96. The number of fused-ring (bicyclic) bond motifs is 1. The van der Waals surface area contributed by atoms with Crippen LogP contribution in [0.25, 0.3) is 22.3 Å². The molecule has 0 aliphatic carbocycles. The van der Waals surface area contributed by atoms with E-state index in [9.17, 15) is 9.59 Å².